The number of ketones is 1. The number of hydrogen-bond donors (Lipinski definition) is 0. The van der Waals surface area contributed by atoms with Gasteiger partial charge in [-0.05, 0) is 96.1 Å². The fourth-order valence-electron chi connectivity index (χ4n) is 5.12. The third-order valence-electron chi connectivity index (χ3n) is 7.31. The second-order valence-electron chi connectivity index (χ2n) is 10.5. The molecule has 0 N–H and O–H groups in total. The van der Waals surface area contributed by atoms with Gasteiger partial charge in [0, 0.05) is 46.3 Å². The summed E-state index contributed by atoms with van der Waals surface area (Å²) in [7, 11) is 0. The van der Waals surface area contributed by atoms with Gasteiger partial charge in [-0.25, -0.2) is 0 Å². The van der Waals surface area contributed by atoms with Crippen LogP contribution in [0.15, 0.2) is 193 Å². The maximum atomic E-state index is 12.4. The van der Waals surface area contributed by atoms with Crippen molar-refractivity contribution in [1.29, 1.82) is 0 Å². The predicted octanol–water partition coefficient (Wildman–Crippen LogP) is 11.2. The van der Waals surface area contributed by atoms with E-state index >= 15 is 0 Å². The molecule has 0 fully saturated rings. The van der Waals surface area contributed by atoms with Crippen LogP contribution in [0.4, 0.5) is 34.1 Å². The van der Waals surface area contributed by atoms with Gasteiger partial charge in [0.25, 0.3) is 0 Å². The smallest absolute Gasteiger partial charge is 0.193 e. The average molecular weight is 593 g/mol. The van der Waals surface area contributed by atoms with Gasteiger partial charge < -0.3 is 9.80 Å². The van der Waals surface area contributed by atoms with Crippen molar-refractivity contribution in [3.63, 3.8) is 0 Å². The molecule has 0 aliphatic heterocycles. The number of rotatable bonds is 10. The van der Waals surface area contributed by atoms with E-state index in [1.165, 1.54) is 12.2 Å². The molecule has 0 heterocycles. The summed E-state index contributed by atoms with van der Waals surface area (Å²) in [4.78, 5) is 16.9. The normalized spacial score (nSPS) is 10.1. The standard InChI is InChI=1S/C43H32N2O/c46-43(25-13-15-35-27-31-41(32-28-35)44(37-17-5-1-6-18-37)38-19-7-2-8-20-38)26-14-16-36-29-33-42(34-30-36)45(39-21-9-3-10-22-39)40-23-11-4-12-24-40/h1-12,15-34H. The van der Waals surface area contributed by atoms with Crippen molar-refractivity contribution < 1.29 is 4.79 Å². The molecule has 6 aromatic rings. The molecule has 3 nitrogen and oxygen atoms in total. The first kappa shape index (κ1) is 29.7. The van der Waals surface area contributed by atoms with Crippen LogP contribution in [-0.4, -0.2) is 5.78 Å². The second-order valence-corrected chi connectivity index (χ2v) is 10.5. The van der Waals surface area contributed by atoms with Crippen molar-refractivity contribution in [3.05, 3.63) is 205 Å². The Morgan fingerprint density at radius 2 is 0.630 bits per heavy atom. The van der Waals surface area contributed by atoms with E-state index in [2.05, 4.69) is 94.1 Å². The molecular weight excluding hydrogens is 560 g/mol. The summed E-state index contributed by atoms with van der Waals surface area (Å²) in [6.45, 7) is 0. The summed E-state index contributed by atoms with van der Waals surface area (Å²) in [6.07, 6.45) is 6.46. The quantitative estimate of drug-likeness (QED) is 0.117. The van der Waals surface area contributed by atoms with Crippen LogP contribution in [0.1, 0.15) is 11.1 Å². The largest absolute Gasteiger partial charge is 0.311 e. The fraction of sp³-hybridized carbons (Fsp3) is 0. The molecule has 3 heteroatoms. The molecule has 220 valence electrons. The molecule has 0 saturated carbocycles. The molecule has 0 atom stereocenters. The first-order valence-electron chi connectivity index (χ1n) is 15.1. The number of carbonyl (C=O) groups excluding carboxylic acids is 1. The van der Waals surface area contributed by atoms with E-state index in [0.717, 1.165) is 45.3 Å². The van der Waals surface area contributed by atoms with Crippen molar-refractivity contribution in [2.75, 3.05) is 9.80 Å². The van der Waals surface area contributed by atoms with Gasteiger partial charge in [-0.1, -0.05) is 97.1 Å². The highest BCUT2D eigenvalue weighted by Crippen LogP contribution is 2.35. The Morgan fingerprint density at radius 1 is 0.370 bits per heavy atom. The van der Waals surface area contributed by atoms with Gasteiger partial charge >= 0.3 is 0 Å². The van der Waals surface area contributed by atoms with Gasteiger partial charge in [0.15, 0.2) is 5.78 Å². The number of para-hydroxylation sites is 4. The minimum absolute atomic E-state index is 0.181. The van der Waals surface area contributed by atoms with Gasteiger partial charge in [-0.3, -0.25) is 4.79 Å². The van der Waals surface area contributed by atoms with Gasteiger partial charge in [-0.2, -0.15) is 0 Å². The van der Waals surface area contributed by atoms with Crippen LogP contribution < -0.4 is 9.80 Å². The third-order valence-corrected chi connectivity index (χ3v) is 7.31. The Kier molecular flexibility index (Phi) is 9.60. The molecule has 0 spiro atoms. The minimum atomic E-state index is -0.181. The van der Waals surface area contributed by atoms with Gasteiger partial charge in [-0.15, -0.1) is 11.5 Å². The Bertz CT molecular complexity index is 1760. The molecular formula is C43H32N2O. The summed E-state index contributed by atoms with van der Waals surface area (Å²) in [6, 6.07) is 57.5. The Balaban J connectivity index is 1.12. The molecule has 0 aromatic heterocycles. The molecule has 0 aliphatic rings. The maximum Gasteiger partial charge on any atom is 0.193 e. The summed E-state index contributed by atoms with van der Waals surface area (Å²) in [5, 5.41) is 0. The topological polar surface area (TPSA) is 23.6 Å². The van der Waals surface area contributed by atoms with E-state index in [1.54, 1.807) is 12.2 Å². The van der Waals surface area contributed by atoms with Crippen LogP contribution in [0.5, 0.6) is 0 Å². The summed E-state index contributed by atoms with van der Waals surface area (Å²) in [5.74, 6) is -0.181. The number of carbonyl (C=O) groups is 1. The molecule has 0 saturated heterocycles. The molecule has 6 aromatic carbocycles. The zero-order valence-corrected chi connectivity index (χ0v) is 25.3. The summed E-state index contributed by atoms with van der Waals surface area (Å²) < 4.78 is 0. The molecule has 0 unspecified atom stereocenters. The molecule has 0 bridgehead atoms. The van der Waals surface area contributed by atoms with Crippen LogP contribution in [0, 0.1) is 0 Å². The van der Waals surface area contributed by atoms with E-state index in [0.29, 0.717) is 0 Å². The van der Waals surface area contributed by atoms with Gasteiger partial charge in [0.05, 0.1) is 0 Å². The first-order valence-corrected chi connectivity index (χ1v) is 15.1. The predicted molar refractivity (Wildman–Crippen MR) is 192 cm³/mol. The van der Waals surface area contributed by atoms with Gasteiger partial charge in [0.1, 0.15) is 0 Å². The van der Waals surface area contributed by atoms with Crippen molar-refractivity contribution >= 4 is 52.1 Å². The summed E-state index contributed by atoms with van der Waals surface area (Å²) >= 11 is 0. The lowest BCUT2D eigenvalue weighted by molar-refractivity contribution is -0.110. The Hall–Kier alpha value is -6.37. The first-order chi connectivity index (χ1) is 22.7. The highest BCUT2D eigenvalue weighted by atomic mass is 16.1. The van der Waals surface area contributed by atoms with Crippen LogP contribution in [0.3, 0.4) is 0 Å². The number of hydrogen-bond acceptors (Lipinski definition) is 3. The van der Waals surface area contributed by atoms with E-state index < -0.39 is 0 Å². The maximum absolute atomic E-state index is 12.4. The lowest BCUT2D eigenvalue weighted by atomic mass is 10.1. The average Bonchev–Trinajstić information content (AvgIpc) is 3.12. The molecule has 0 radical (unpaired) electrons. The summed E-state index contributed by atoms with van der Waals surface area (Å²) in [5.41, 5.74) is 14.3. The lowest BCUT2D eigenvalue weighted by Gasteiger charge is -2.25. The lowest BCUT2D eigenvalue weighted by Crippen LogP contribution is -2.09. The van der Waals surface area contributed by atoms with E-state index in [9.17, 15) is 4.79 Å². The van der Waals surface area contributed by atoms with Crippen molar-refractivity contribution in [2.24, 2.45) is 0 Å². The van der Waals surface area contributed by atoms with E-state index in [4.69, 9.17) is 0 Å². The highest BCUT2D eigenvalue weighted by molar-refractivity contribution is 5.99. The number of anilines is 6. The Labute approximate surface area is 270 Å². The van der Waals surface area contributed by atoms with Crippen molar-refractivity contribution in [3.8, 4) is 0 Å². The SMILES string of the molecule is O=C(C=C=Cc1ccc(N(c2ccccc2)c2ccccc2)cc1)C=C=Cc1ccc(N(c2ccccc2)c2ccccc2)cc1. The molecule has 6 rings (SSSR count). The zero-order valence-electron chi connectivity index (χ0n) is 25.3. The molecule has 0 aliphatic carbocycles. The third kappa shape index (κ3) is 7.58. The van der Waals surface area contributed by atoms with Crippen molar-refractivity contribution in [1.82, 2.24) is 0 Å². The zero-order chi connectivity index (χ0) is 31.4. The highest BCUT2D eigenvalue weighted by Gasteiger charge is 2.12. The van der Waals surface area contributed by atoms with Crippen LogP contribution in [0.2, 0.25) is 0 Å². The number of nitrogens with zero attached hydrogens (tertiary/aromatic N) is 2. The van der Waals surface area contributed by atoms with Crippen LogP contribution >= 0.6 is 0 Å². The number of benzene rings is 6. The Morgan fingerprint density at radius 3 is 0.913 bits per heavy atom. The fourth-order valence-corrected chi connectivity index (χ4v) is 5.12. The van der Waals surface area contributed by atoms with E-state index in [1.807, 2.05) is 97.1 Å². The van der Waals surface area contributed by atoms with Crippen molar-refractivity contribution in [2.45, 2.75) is 0 Å². The minimum Gasteiger partial charge on any atom is -0.311 e. The monoisotopic (exact) mass is 592 g/mol. The number of allylic oxidation sites excluding steroid dienone is 2. The molecule has 46 heavy (non-hydrogen) atoms. The second kappa shape index (κ2) is 14.9. The van der Waals surface area contributed by atoms with Gasteiger partial charge in [0.2, 0.25) is 0 Å². The van der Waals surface area contributed by atoms with E-state index in [-0.39, 0.29) is 5.78 Å². The van der Waals surface area contributed by atoms with Crippen LogP contribution in [-0.2, 0) is 4.79 Å². The molecule has 0 amide bonds. The van der Waals surface area contributed by atoms with Crippen LogP contribution in [0.25, 0.3) is 12.2 Å².